The predicted octanol–water partition coefficient (Wildman–Crippen LogP) is 2.24. The number of anilines is 1. The average molecular weight is 276 g/mol. The third kappa shape index (κ3) is 2.37. The van der Waals surface area contributed by atoms with Crippen LogP contribution in [0, 0.1) is 0 Å². The molecule has 0 fully saturated rings. The molecule has 2 heterocycles. The van der Waals surface area contributed by atoms with Crippen LogP contribution in [-0.4, -0.2) is 22.7 Å². The number of nitrogens with zero attached hydrogens (tertiary/aromatic N) is 2. The first-order valence-electron chi connectivity index (χ1n) is 5.76. The van der Waals surface area contributed by atoms with Crippen molar-refractivity contribution in [3.8, 4) is 5.75 Å². The van der Waals surface area contributed by atoms with Gasteiger partial charge in [-0.3, -0.25) is 4.79 Å². The molecule has 1 aliphatic heterocycles. The van der Waals surface area contributed by atoms with E-state index in [-0.39, 0.29) is 17.0 Å². The third-order valence-corrected chi connectivity index (χ3v) is 3.10. The summed E-state index contributed by atoms with van der Waals surface area (Å²) in [5, 5.41) is 10.4. The Morgan fingerprint density at radius 1 is 1.26 bits per heavy atom. The van der Waals surface area contributed by atoms with Crippen LogP contribution in [0.4, 0.5) is 5.82 Å². The van der Waals surface area contributed by atoms with Crippen LogP contribution in [-0.2, 0) is 4.79 Å². The first kappa shape index (κ1) is 11.9. The van der Waals surface area contributed by atoms with E-state index >= 15 is 0 Å². The van der Waals surface area contributed by atoms with Crippen molar-refractivity contribution in [3.05, 3.63) is 47.1 Å². The van der Waals surface area contributed by atoms with Gasteiger partial charge in [-0.2, -0.15) is 0 Å². The number of hydrogen-bond donors (Lipinski definition) is 1. The summed E-state index contributed by atoms with van der Waals surface area (Å²) in [4.78, 5) is 12.2. The number of halogens is 1. The molecule has 0 saturated heterocycles. The van der Waals surface area contributed by atoms with Gasteiger partial charge < -0.3 is 10.1 Å². The summed E-state index contributed by atoms with van der Waals surface area (Å²) >= 11 is 5.64. The maximum absolute atomic E-state index is 12.2. The van der Waals surface area contributed by atoms with Crippen LogP contribution in [0.5, 0.6) is 5.75 Å². The molecule has 0 aliphatic carbocycles. The Balaban J connectivity index is 1.77. The Labute approximate surface area is 114 Å². The number of para-hydroxylation sites is 1. The first-order chi connectivity index (χ1) is 9.24. The molecule has 1 amide bonds. The van der Waals surface area contributed by atoms with Crippen molar-refractivity contribution in [3.63, 3.8) is 0 Å². The average Bonchev–Trinajstić information content (AvgIpc) is 2.85. The molecule has 3 rings (SSSR count). The van der Waals surface area contributed by atoms with E-state index in [0.29, 0.717) is 12.4 Å². The molecule has 0 radical (unpaired) electrons. The van der Waals surface area contributed by atoms with Crippen molar-refractivity contribution in [2.45, 2.75) is 5.92 Å². The minimum atomic E-state index is -0.325. The Kier molecular flexibility index (Phi) is 3.05. The zero-order chi connectivity index (χ0) is 13.2. The SMILES string of the molecule is O=C(Nc1ccc(Cl)nn1)C1COc2ccccc21. The number of aromatic nitrogens is 2. The number of rotatable bonds is 2. The van der Waals surface area contributed by atoms with Gasteiger partial charge in [-0.05, 0) is 18.2 Å². The standard InChI is InChI=1S/C13H10ClN3O2/c14-11-5-6-12(17-16-11)15-13(18)9-7-19-10-4-2-1-3-8(9)10/h1-6,9H,7H2,(H,15,17,18). The fraction of sp³-hybridized carbons (Fsp3) is 0.154. The zero-order valence-electron chi connectivity index (χ0n) is 9.84. The Morgan fingerprint density at radius 3 is 2.89 bits per heavy atom. The van der Waals surface area contributed by atoms with E-state index < -0.39 is 0 Å². The molecular weight excluding hydrogens is 266 g/mol. The van der Waals surface area contributed by atoms with E-state index in [1.807, 2.05) is 24.3 Å². The highest BCUT2D eigenvalue weighted by atomic mass is 35.5. The second-order valence-corrected chi connectivity index (χ2v) is 4.52. The molecule has 0 bridgehead atoms. The van der Waals surface area contributed by atoms with Gasteiger partial charge in [0.15, 0.2) is 11.0 Å². The number of carbonyl (C=O) groups is 1. The molecule has 96 valence electrons. The zero-order valence-corrected chi connectivity index (χ0v) is 10.6. The van der Waals surface area contributed by atoms with E-state index in [4.69, 9.17) is 16.3 Å². The van der Waals surface area contributed by atoms with Crippen LogP contribution in [0.15, 0.2) is 36.4 Å². The summed E-state index contributed by atoms with van der Waals surface area (Å²) in [5.74, 6) is 0.638. The van der Waals surface area contributed by atoms with Crippen LogP contribution in [0.25, 0.3) is 0 Å². The lowest BCUT2D eigenvalue weighted by molar-refractivity contribution is -0.117. The Bertz CT molecular complexity index is 616. The van der Waals surface area contributed by atoms with Crippen molar-refractivity contribution >= 4 is 23.3 Å². The topological polar surface area (TPSA) is 64.1 Å². The van der Waals surface area contributed by atoms with Crippen molar-refractivity contribution in [1.29, 1.82) is 0 Å². The van der Waals surface area contributed by atoms with Crippen molar-refractivity contribution in [1.82, 2.24) is 10.2 Å². The summed E-state index contributed by atoms with van der Waals surface area (Å²) in [6.45, 7) is 0.339. The molecule has 1 aromatic carbocycles. The van der Waals surface area contributed by atoms with Gasteiger partial charge in [0.05, 0.1) is 0 Å². The fourth-order valence-electron chi connectivity index (χ4n) is 1.98. The lowest BCUT2D eigenvalue weighted by Gasteiger charge is -2.08. The predicted molar refractivity (Wildman–Crippen MR) is 70.3 cm³/mol. The van der Waals surface area contributed by atoms with Gasteiger partial charge in [0.1, 0.15) is 18.3 Å². The molecule has 1 aliphatic rings. The number of nitrogens with one attached hydrogen (secondary N) is 1. The molecular formula is C13H10ClN3O2. The molecule has 1 aromatic heterocycles. The highest BCUT2D eigenvalue weighted by molar-refractivity contribution is 6.29. The summed E-state index contributed by atoms with van der Waals surface area (Å²) in [6, 6.07) is 10.7. The van der Waals surface area contributed by atoms with Crippen molar-refractivity contribution in [2.75, 3.05) is 11.9 Å². The molecule has 5 nitrogen and oxygen atoms in total. The van der Waals surface area contributed by atoms with E-state index in [9.17, 15) is 4.79 Å². The van der Waals surface area contributed by atoms with E-state index in [0.717, 1.165) is 11.3 Å². The maximum atomic E-state index is 12.2. The number of carbonyl (C=O) groups excluding carboxylic acids is 1. The van der Waals surface area contributed by atoms with Gasteiger partial charge in [-0.25, -0.2) is 0 Å². The lowest BCUT2D eigenvalue weighted by atomic mass is 10.0. The van der Waals surface area contributed by atoms with Crippen LogP contribution in [0.2, 0.25) is 5.15 Å². The summed E-state index contributed by atoms with van der Waals surface area (Å²) < 4.78 is 5.47. The second-order valence-electron chi connectivity index (χ2n) is 4.13. The highest BCUT2D eigenvalue weighted by Gasteiger charge is 2.30. The normalized spacial score (nSPS) is 16.6. The van der Waals surface area contributed by atoms with Crippen LogP contribution in [0.1, 0.15) is 11.5 Å². The summed E-state index contributed by atoms with van der Waals surface area (Å²) in [6.07, 6.45) is 0. The van der Waals surface area contributed by atoms with Crippen molar-refractivity contribution < 1.29 is 9.53 Å². The summed E-state index contributed by atoms with van der Waals surface area (Å²) in [5.41, 5.74) is 0.891. The lowest BCUT2D eigenvalue weighted by Crippen LogP contribution is -2.22. The molecule has 19 heavy (non-hydrogen) atoms. The first-order valence-corrected chi connectivity index (χ1v) is 6.13. The fourth-order valence-corrected chi connectivity index (χ4v) is 2.08. The van der Waals surface area contributed by atoms with Crippen molar-refractivity contribution in [2.24, 2.45) is 0 Å². The monoisotopic (exact) mass is 275 g/mol. The van der Waals surface area contributed by atoms with Crippen LogP contribution >= 0.6 is 11.6 Å². The molecule has 1 N–H and O–H groups in total. The Morgan fingerprint density at radius 2 is 2.11 bits per heavy atom. The van der Waals surface area contributed by atoms with Crippen LogP contribution in [0.3, 0.4) is 0 Å². The quantitative estimate of drug-likeness (QED) is 0.913. The van der Waals surface area contributed by atoms with Gasteiger partial charge in [-0.15, -0.1) is 10.2 Å². The summed E-state index contributed by atoms with van der Waals surface area (Å²) in [7, 11) is 0. The number of ether oxygens (including phenoxy) is 1. The molecule has 1 atom stereocenters. The number of amides is 1. The molecule has 1 unspecified atom stereocenters. The maximum Gasteiger partial charge on any atom is 0.236 e. The Hall–Kier alpha value is -2.14. The molecule has 0 spiro atoms. The van der Waals surface area contributed by atoms with Gasteiger partial charge in [0, 0.05) is 5.56 Å². The van der Waals surface area contributed by atoms with E-state index in [1.54, 1.807) is 12.1 Å². The smallest absolute Gasteiger partial charge is 0.236 e. The minimum Gasteiger partial charge on any atom is -0.492 e. The van der Waals surface area contributed by atoms with Crippen LogP contribution < -0.4 is 10.1 Å². The largest absolute Gasteiger partial charge is 0.492 e. The number of hydrogen-bond acceptors (Lipinski definition) is 4. The highest BCUT2D eigenvalue weighted by Crippen LogP contribution is 2.33. The molecule has 2 aromatic rings. The van der Waals surface area contributed by atoms with Gasteiger partial charge >= 0.3 is 0 Å². The second kappa shape index (κ2) is 4.85. The molecule has 6 heteroatoms. The van der Waals surface area contributed by atoms with E-state index in [1.165, 1.54) is 0 Å². The number of fused-ring (bicyclic) bond motifs is 1. The van der Waals surface area contributed by atoms with Gasteiger partial charge in [-0.1, -0.05) is 29.8 Å². The van der Waals surface area contributed by atoms with Gasteiger partial charge in [0.2, 0.25) is 5.91 Å². The number of benzene rings is 1. The third-order valence-electron chi connectivity index (χ3n) is 2.90. The van der Waals surface area contributed by atoms with Gasteiger partial charge in [0.25, 0.3) is 0 Å². The molecule has 0 saturated carbocycles. The minimum absolute atomic E-state index is 0.165. The van der Waals surface area contributed by atoms with E-state index in [2.05, 4.69) is 15.5 Å².